The van der Waals surface area contributed by atoms with Crippen LogP contribution < -0.4 is 10.5 Å². The number of phenolic OH excluding ortho intramolecular Hbond substituents is 1. The number of carbonyl (C=O) groups is 1. The van der Waals surface area contributed by atoms with Gasteiger partial charge in [-0.2, -0.15) is 10.5 Å². The van der Waals surface area contributed by atoms with Crippen molar-refractivity contribution in [3.05, 3.63) is 29.3 Å². The standard InChI is InChI=1S/C17H14N4O4S/c1-24-13-4-3-9(5-12(13)22)15-10(6-18)16(20)21-17(11(15)7-19)26-8-14(23)25-2/h3-5,22H,8H2,1-2H3,(H2,20,21). The Morgan fingerprint density at radius 3 is 2.54 bits per heavy atom. The van der Waals surface area contributed by atoms with E-state index in [9.17, 15) is 20.4 Å². The van der Waals surface area contributed by atoms with Crippen LogP contribution in [0.5, 0.6) is 11.5 Å². The molecule has 8 nitrogen and oxygen atoms in total. The smallest absolute Gasteiger partial charge is 0.316 e. The molecule has 2 rings (SSSR count). The van der Waals surface area contributed by atoms with E-state index >= 15 is 0 Å². The van der Waals surface area contributed by atoms with Gasteiger partial charge in [0.2, 0.25) is 0 Å². The van der Waals surface area contributed by atoms with Gasteiger partial charge in [0, 0.05) is 5.56 Å². The Balaban J connectivity index is 2.68. The molecule has 0 aliphatic heterocycles. The highest BCUT2D eigenvalue weighted by Crippen LogP contribution is 2.38. The Hall–Kier alpha value is -3.43. The van der Waals surface area contributed by atoms with Gasteiger partial charge >= 0.3 is 5.97 Å². The number of anilines is 1. The number of hydrogen-bond acceptors (Lipinski definition) is 9. The van der Waals surface area contributed by atoms with Crippen molar-refractivity contribution in [3.8, 4) is 34.8 Å². The molecule has 0 saturated heterocycles. The van der Waals surface area contributed by atoms with Crippen LogP contribution >= 0.6 is 11.8 Å². The van der Waals surface area contributed by atoms with E-state index in [0.29, 0.717) is 5.56 Å². The summed E-state index contributed by atoms with van der Waals surface area (Å²) in [5.41, 5.74) is 6.58. The fourth-order valence-electron chi connectivity index (χ4n) is 2.22. The van der Waals surface area contributed by atoms with Crippen molar-refractivity contribution in [1.82, 2.24) is 4.98 Å². The van der Waals surface area contributed by atoms with E-state index in [1.165, 1.54) is 26.4 Å². The molecule has 1 aromatic heterocycles. The highest BCUT2D eigenvalue weighted by atomic mass is 32.2. The monoisotopic (exact) mass is 370 g/mol. The number of nitrogens with two attached hydrogens (primary N) is 1. The number of esters is 1. The molecule has 2 aromatic rings. The highest BCUT2D eigenvalue weighted by Gasteiger charge is 2.22. The first-order valence-electron chi connectivity index (χ1n) is 7.17. The van der Waals surface area contributed by atoms with Crippen molar-refractivity contribution in [2.24, 2.45) is 0 Å². The molecule has 0 unspecified atom stereocenters. The molecule has 0 aliphatic rings. The van der Waals surface area contributed by atoms with Crippen LogP contribution in [-0.2, 0) is 9.53 Å². The van der Waals surface area contributed by atoms with Crippen LogP contribution in [0.1, 0.15) is 11.1 Å². The second-order valence-electron chi connectivity index (χ2n) is 4.90. The number of nitrogens with zero attached hydrogens (tertiary/aromatic N) is 3. The molecule has 0 saturated carbocycles. The number of aromatic hydroxyl groups is 1. The maximum absolute atomic E-state index is 11.4. The number of nitrogen functional groups attached to an aromatic ring is 1. The SMILES string of the molecule is COC(=O)CSc1nc(N)c(C#N)c(-c2ccc(OC)c(O)c2)c1C#N. The third kappa shape index (κ3) is 3.63. The van der Waals surface area contributed by atoms with Crippen molar-refractivity contribution in [3.63, 3.8) is 0 Å². The molecule has 132 valence electrons. The summed E-state index contributed by atoms with van der Waals surface area (Å²) in [6.45, 7) is 0. The fraction of sp³-hybridized carbons (Fsp3) is 0.176. The molecule has 0 atom stereocenters. The lowest BCUT2D eigenvalue weighted by molar-refractivity contribution is -0.137. The number of hydrogen-bond donors (Lipinski definition) is 2. The number of pyridine rings is 1. The minimum absolute atomic E-state index is 0.00790. The molecular weight excluding hydrogens is 356 g/mol. The zero-order valence-electron chi connectivity index (χ0n) is 13.9. The predicted octanol–water partition coefficient (Wildman–Crippen LogP) is 2.05. The van der Waals surface area contributed by atoms with Gasteiger partial charge in [-0.15, -0.1) is 0 Å². The van der Waals surface area contributed by atoms with Gasteiger partial charge in [0.05, 0.1) is 25.5 Å². The number of aromatic nitrogens is 1. The van der Waals surface area contributed by atoms with Crippen molar-refractivity contribution in [1.29, 1.82) is 10.5 Å². The molecule has 3 N–H and O–H groups in total. The van der Waals surface area contributed by atoms with Gasteiger partial charge < -0.3 is 20.3 Å². The lowest BCUT2D eigenvalue weighted by Gasteiger charge is -2.13. The number of nitriles is 2. The summed E-state index contributed by atoms with van der Waals surface area (Å²) in [7, 11) is 2.66. The summed E-state index contributed by atoms with van der Waals surface area (Å²) < 4.78 is 9.58. The first-order chi connectivity index (χ1) is 12.5. The average molecular weight is 370 g/mol. The molecule has 0 fully saturated rings. The van der Waals surface area contributed by atoms with Crippen LogP contribution in [0.25, 0.3) is 11.1 Å². The molecule has 0 bridgehead atoms. The van der Waals surface area contributed by atoms with Crippen LogP contribution in [0.3, 0.4) is 0 Å². The minimum atomic E-state index is -0.493. The van der Waals surface area contributed by atoms with Gasteiger partial charge in [-0.05, 0) is 17.7 Å². The maximum atomic E-state index is 11.4. The molecule has 9 heteroatoms. The van der Waals surface area contributed by atoms with Crippen molar-refractivity contribution in [2.45, 2.75) is 5.03 Å². The molecule has 0 spiro atoms. The van der Waals surface area contributed by atoms with Crippen molar-refractivity contribution in [2.75, 3.05) is 25.7 Å². The molecule has 1 heterocycles. The highest BCUT2D eigenvalue weighted by molar-refractivity contribution is 7.99. The number of phenols is 1. The van der Waals surface area contributed by atoms with E-state index < -0.39 is 5.97 Å². The Labute approximate surface area is 153 Å². The summed E-state index contributed by atoms with van der Waals surface area (Å²) in [5.74, 6) is -0.557. The summed E-state index contributed by atoms with van der Waals surface area (Å²) >= 11 is 0.974. The van der Waals surface area contributed by atoms with Gasteiger partial charge in [-0.1, -0.05) is 17.8 Å². The van der Waals surface area contributed by atoms with Crippen LogP contribution in [0, 0.1) is 22.7 Å². The molecule has 1 aromatic carbocycles. The molecule has 0 aliphatic carbocycles. The van der Waals surface area contributed by atoms with Gasteiger partial charge in [-0.3, -0.25) is 4.79 Å². The van der Waals surface area contributed by atoms with Gasteiger partial charge in [0.15, 0.2) is 11.5 Å². The van der Waals surface area contributed by atoms with E-state index in [2.05, 4.69) is 9.72 Å². The fourth-order valence-corrected chi connectivity index (χ4v) is 3.05. The summed E-state index contributed by atoms with van der Waals surface area (Å²) in [6, 6.07) is 8.39. The summed E-state index contributed by atoms with van der Waals surface area (Å²) in [6.07, 6.45) is 0. The van der Waals surface area contributed by atoms with Crippen molar-refractivity contribution < 1.29 is 19.4 Å². The van der Waals surface area contributed by atoms with Crippen LogP contribution in [0.15, 0.2) is 23.2 Å². The predicted molar refractivity (Wildman–Crippen MR) is 94.5 cm³/mol. The van der Waals surface area contributed by atoms with E-state index in [4.69, 9.17) is 10.5 Å². The molecule has 0 amide bonds. The first-order valence-corrected chi connectivity index (χ1v) is 8.16. The average Bonchev–Trinajstić information content (AvgIpc) is 2.65. The number of methoxy groups -OCH3 is 2. The second kappa shape index (κ2) is 8.10. The number of thioether (sulfide) groups is 1. The normalized spacial score (nSPS) is 9.85. The number of benzene rings is 1. The summed E-state index contributed by atoms with van der Waals surface area (Å²) in [4.78, 5) is 15.4. The topological polar surface area (TPSA) is 142 Å². The van der Waals surface area contributed by atoms with E-state index in [0.717, 1.165) is 11.8 Å². The van der Waals surface area contributed by atoms with Gasteiger partial charge in [0.25, 0.3) is 0 Å². The first kappa shape index (κ1) is 18.9. The van der Waals surface area contributed by atoms with Gasteiger partial charge in [0.1, 0.15) is 28.5 Å². The molecule has 0 radical (unpaired) electrons. The minimum Gasteiger partial charge on any atom is -0.504 e. The van der Waals surface area contributed by atoms with Gasteiger partial charge in [-0.25, -0.2) is 4.98 Å². The second-order valence-corrected chi connectivity index (χ2v) is 5.87. The largest absolute Gasteiger partial charge is 0.504 e. The van der Waals surface area contributed by atoms with E-state index in [1.807, 2.05) is 12.1 Å². The Kier molecular flexibility index (Phi) is 5.89. The zero-order chi connectivity index (χ0) is 19.3. The maximum Gasteiger partial charge on any atom is 0.316 e. The quantitative estimate of drug-likeness (QED) is 0.597. The third-order valence-electron chi connectivity index (χ3n) is 3.44. The van der Waals surface area contributed by atoms with Crippen LogP contribution in [0.4, 0.5) is 5.82 Å². The van der Waals surface area contributed by atoms with Crippen LogP contribution in [-0.4, -0.2) is 36.0 Å². The lowest BCUT2D eigenvalue weighted by atomic mass is 9.96. The third-order valence-corrected chi connectivity index (χ3v) is 4.39. The van der Waals surface area contributed by atoms with E-state index in [1.54, 1.807) is 6.07 Å². The number of carbonyl (C=O) groups excluding carboxylic acids is 1. The number of ether oxygens (including phenoxy) is 2. The van der Waals surface area contributed by atoms with Crippen LogP contribution in [0.2, 0.25) is 0 Å². The number of rotatable bonds is 5. The lowest BCUT2D eigenvalue weighted by Crippen LogP contribution is -2.07. The Bertz CT molecular complexity index is 947. The van der Waals surface area contributed by atoms with Crippen molar-refractivity contribution >= 4 is 23.5 Å². The Morgan fingerprint density at radius 2 is 2.00 bits per heavy atom. The Morgan fingerprint density at radius 1 is 1.31 bits per heavy atom. The molecular formula is C17H14N4O4S. The summed E-state index contributed by atoms with van der Waals surface area (Å²) in [5, 5.41) is 29.3. The molecule has 26 heavy (non-hydrogen) atoms. The van der Waals surface area contributed by atoms with E-state index in [-0.39, 0.29) is 44.8 Å². The zero-order valence-corrected chi connectivity index (χ0v) is 14.8.